The van der Waals surface area contributed by atoms with Crippen LogP contribution in [0.3, 0.4) is 0 Å². The number of likely N-dealkylation sites (N-methyl/N-ethyl adjacent to an activating group) is 1. The molecule has 2 aromatic carbocycles. The van der Waals surface area contributed by atoms with Crippen LogP contribution in [0.5, 0.6) is 5.75 Å². The molecule has 0 saturated carbocycles. The molecule has 0 fully saturated rings. The number of aryl methyl sites for hydroxylation is 1. The summed E-state index contributed by atoms with van der Waals surface area (Å²) in [7, 11) is 1.65. The van der Waals surface area contributed by atoms with Gasteiger partial charge in [-0.1, -0.05) is 29.8 Å². The van der Waals surface area contributed by atoms with E-state index in [-0.39, 0.29) is 12.5 Å². The number of rotatable bonds is 7. The quantitative estimate of drug-likeness (QED) is 0.653. The van der Waals surface area contributed by atoms with Gasteiger partial charge in [-0.25, -0.2) is 4.98 Å². The number of amides is 1. The Balaban J connectivity index is 1.52. The molecule has 27 heavy (non-hydrogen) atoms. The fourth-order valence-corrected chi connectivity index (χ4v) is 2.92. The molecule has 0 aliphatic heterocycles. The fraction of sp³-hybridized carbons (Fsp3) is 0.300. The number of aliphatic hydroxyl groups excluding tert-OH is 1. The van der Waals surface area contributed by atoms with E-state index >= 15 is 0 Å². The molecule has 1 unspecified atom stereocenters. The van der Waals surface area contributed by atoms with Crippen LogP contribution in [0.4, 0.5) is 0 Å². The average Bonchev–Trinajstić information content (AvgIpc) is 3.06. The number of carbonyl (C=O) groups is 1. The van der Waals surface area contributed by atoms with Crippen molar-refractivity contribution in [2.24, 2.45) is 0 Å². The van der Waals surface area contributed by atoms with Gasteiger partial charge in [0.15, 0.2) is 6.10 Å². The number of aliphatic hydroxyl groups is 1. The van der Waals surface area contributed by atoms with Crippen LogP contribution in [0.25, 0.3) is 11.0 Å². The Kier molecular flexibility index (Phi) is 5.98. The van der Waals surface area contributed by atoms with E-state index in [0.717, 1.165) is 22.4 Å². The van der Waals surface area contributed by atoms with Gasteiger partial charge in [-0.05, 0) is 36.8 Å². The van der Waals surface area contributed by atoms with Gasteiger partial charge in [-0.15, -0.1) is 0 Å². The number of ether oxygens (including phenoxy) is 1. The minimum absolute atomic E-state index is 0.0861. The van der Waals surface area contributed by atoms with Crippen LogP contribution in [0.2, 0.25) is 5.02 Å². The van der Waals surface area contributed by atoms with E-state index in [0.29, 0.717) is 23.7 Å². The summed E-state index contributed by atoms with van der Waals surface area (Å²) in [6.07, 6.45) is -0.677. The molecule has 0 spiro atoms. The van der Waals surface area contributed by atoms with Crippen LogP contribution in [0, 0.1) is 6.92 Å². The van der Waals surface area contributed by atoms with Crippen molar-refractivity contribution in [3.8, 4) is 5.75 Å². The third-order valence-corrected chi connectivity index (χ3v) is 4.56. The topological polar surface area (TPSA) is 78.5 Å². The SMILES string of the molecule is Cc1ccccc1OCC(O)C(=O)N(C)CCc1nc2ccc(Cl)cc2[nH]1. The molecule has 0 aliphatic carbocycles. The summed E-state index contributed by atoms with van der Waals surface area (Å²) >= 11 is 5.98. The molecular formula is C20H22ClN3O3. The second-order valence-corrected chi connectivity index (χ2v) is 6.88. The van der Waals surface area contributed by atoms with Gasteiger partial charge in [0.05, 0.1) is 11.0 Å². The Morgan fingerprint density at radius 2 is 2.11 bits per heavy atom. The molecule has 1 atom stereocenters. The second-order valence-electron chi connectivity index (χ2n) is 6.45. The largest absolute Gasteiger partial charge is 0.490 e. The number of nitrogens with one attached hydrogen (secondary N) is 1. The maximum atomic E-state index is 12.3. The number of aromatic amines is 1. The lowest BCUT2D eigenvalue weighted by Gasteiger charge is -2.20. The van der Waals surface area contributed by atoms with Gasteiger partial charge in [-0.3, -0.25) is 4.79 Å². The predicted molar refractivity (Wildman–Crippen MR) is 105 cm³/mol. The minimum Gasteiger partial charge on any atom is -0.490 e. The van der Waals surface area contributed by atoms with Crippen molar-refractivity contribution in [3.05, 3.63) is 58.9 Å². The fourth-order valence-electron chi connectivity index (χ4n) is 2.75. The lowest BCUT2D eigenvalue weighted by Crippen LogP contribution is -2.40. The van der Waals surface area contributed by atoms with Gasteiger partial charge in [-0.2, -0.15) is 0 Å². The molecule has 3 rings (SSSR count). The Morgan fingerprint density at radius 1 is 1.33 bits per heavy atom. The Morgan fingerprint density at radius 3 is 2.89 bits per heavy atom. The van der Waals surface area contributed by atoms with Crippen molar-refractivity contribution in [2.45, 2.75) is 19.4 Å². The highest BCUT2D eigenvalue weighted by Crippen LogP contribution is 2.18. The van der Waals surface area contributed by atoms with E-state index in [1.807, 2.05) is 43.3 Å². The molecule has 0 aliphatic rings. The second kappa shape index (κ2) is 8.41. The van der Waals surface area contributed by atoms with Crippen LogP contribution < -0.4 is 4.74 Å². The lowest BCUT2D eigenvalue weighted by atomic mass is 10.2. The average molecular weight is 388 g/mol. The van der Waals surface area contributed by atoms with Crippen molar-refractivity contribution in [1.82, 2.24) is 14.9 Å². The third-order valence-electron chi connectivity index (χ3n) is 4.33. The highest BCUT2D eigenvalue weighted by Gasteiger charge is 2.20. The first kappa shape index (κ1) is 19.2. The summed E-state index contributed by atoms with van der Waals surface area (Å²) in [5.74, 6) is 1.04. The summed E-state index contributed by atoms with van der Waals surface area (Å²) in [6.45, 7) is 2.25. The Bertz CT molecular complexity index is 941. The van der Waals surface area contributed by atoms with Crippen molar-refractivity contribution >= 4 is 28.5 Å². The van der Waals surface area contributed by atoms with Crippen molar-refractivity contribution in [2.75, 3.05) is 20.2 Å². The molecule has 7 heteroatoms. The van der Waals surface area contributed by atoms with Gasteiger partial charge in [0, 0.05) is 25.0 Å². The summed E-state index contributed by atoms with van der Waals surface area (Å²) in [6, 6.07) is 12.9. The number of hydrogen-bond donors (Lipinski definition) is 2. The zero-order chi connectivity index (χ0) is 19.4. The van der Waals surface area contributed by atoms with E-state index in [2.05, 4.69) is 9.97 Å². The molecule has 1 heterocycles. The van der Waals surface area contributed by atoms with E-state index in [1.54, 1.807) is 13.1 Å². The van der Waals surface area contributed by atoms with Gasteiger partial charge >= 0.3 is 0 Å². The minimum atomic E-state index is -1.22. The van der Waals surface area contributed by atoms with Gasteiger partial charge in [0.25, 0.3) is 5.91 Å². The molecule has 2 N–H and O–H groups in total. The number of nitrogens with zero attached hydrogens (tertiary/aromatic N) is 2. The van der Waals surface area contributed by atoms with E-state index < -0.39 is 6.10 Å². The number of halogens is 1. The highest BCUT2D eigenvalue weighted by atomic mass is 35.5. The summed E-state index contributed by atoms with van der Waals surface area (Å²) in [5.41, 5.74) is 2.64. The van der Waals surface area contributed by atoms with E-state index in [9.17, 15) is 9.90 Å². The smallest absolute Gasteiger partial charge is 0.254 e. The maximum absolute atomic E-state index is 12.3. The molecule has 1 amide bonds. The zero-order valence-electron chi connectivity index (χ0n) is 15.3. The first-order chi connectivity index (χ1) is 12.9. The van der Waals surface area contributed by atoms with Gasteiger partial charge in [0.1, 0.15) is 18.2 Å². The van der Waals surface area contributed by atoms with Crippen molar-refractivity contribution in [3.63, 3.8) is 0 Å². The zero-order valence-corrected chi connectivity index (χ0v) is 16.0. The van der Waals surface area contributed by atoms with Crippen LogP contribution in [-0.2, 0) is 11.2 Å². The number of benzene rings is 2. The molecule has 142 valence electrons. The number of H-pyrrole nitrogens is 1. The standard InChI is InChI=1S/C20H22ClN3O3/c1-13-5-3-4-6-18(13)27-12-17(25)20(26)24(2)10-9-19-22-15-8-7-14(21)11-16(15)23-19/h3-8,11,17,25H,9-10,12H2,1-2H3,(H,22,23). The number of fused-ring (bicyclic) bond motifs is 1. The number of hydrogen-bond acceptors (Lipinski definition) is 4. The van der Waals surface area contributed by atoms with Gasteiger partial charge < -0.3 is 19.7 Å². The molecule has 3 aromatic rings. The van der Waals surface area contributed by atoms with E-state index in [4.69, 9.17) is 16.3 Å². The molecule has 6 nitrogen and oxygen atoms in total. The number of carbonyl (C=O) groups excluding carboxylic acids is 1. The number of aromatic nitrogens is 2. The van der Waals surface area contributed by atoms with Crippen LogP contribution in [0.15, 0.2) is 42.5 Å². The van der Waals surface area contributed by atoms with Crippen LogP contribution >= 0.6 is 11.6 Å². The molecule has 1 aromatic heterocycles. The van der Waals surface area contributed by atoms with Crippen molar-refractivity contribution < 1.29 is 14.6 Å². The van der Waals surface area contributed by atoms with Gasteiger partial charge in [0.2, 0.25) is 0 Å². The Labute approximate surface area is 162 Å². The molecule has 0 radical (unpaired) electrons. The first-order valence-electron chi connectivity index (χ1n) is 8.69. The lowest BCUT2D eigenvalue weighted by molar-refractivity contribution is -0.140. The molecule has 0 bridgehead atoms. The number of imidazole rings is 1. The summed E-state index contributed by atoms with van der Waals surface area (Å²) in [5, 5.41) is 10.8. The normalized spacial score (nSPS) is 12.1. The first-order valence-corrected chi connectivity index (χ1v) is 9.07. The predicted octanol–water partition coefficient (Wildman–Crippen LogP) is 2.97. The number of para-hydroxylation sites is 1. The molecule has 0 saturated heterocycles. The maximum Gasteiger partial charge on any atom is 0.254 e. The summed E-state index contributed by atoms with van der Waals surface area (Å²) < 4.78 is 5.56. The van der Waals surface area contributed by atoms with Crippen LogP contribution in [-0.4, -0.2) is 52.2 Å². The summed E-state index contributed by atoms with van der Waals surface area (Å²) in [4.78, 5) is 21.5. The molecular weight excluding hydrogens is 366 g/mol. The third kappa shape index (κ3) is 4.78. The highest BCUT2D eigenvalue weighted by molar-refractivity contribution is 6.31. The monoisotopic (exact) mass is 387 g/mol. The van der Waals surface area contributed by atoms with Crippen LogP contribution in [0.1, 0.15) is 11.4 Å². The Hall–Kier alpha value is -2.57. The van der Waals surface area contributed by atoms with Crippen molar-refractivity contribution in [1.29, 1.82) is 0 Å². The van der Waals surface area contributed by atoms with E-state index in [1.165, 1.54) is 4.90 Å².